The molecule has 0 aliphatic rings. The van der Waals surface area contributed by atoms with Crippen molar-refractivity contribution in [1.82, 2.24) is 0 Å². The van der Waals surface area contributed by atoms with Gasteiger partial charge in [0, 0.05) is 0 Å². The summed E-state index contributed by atoms with van der Waals surface area (Å²) in [5.41, 5.74) is -0.259. The van der Waals surface area contributed by atoms with Gasteiger partial charge in [-0.15, -0.1) is 0 Å². The van der Waals surface area contributed by atoms with Crippen LogP contribution in [0.2, 0.25) is 0 Å². The third-order valence-corrected chi connectivity index (χ3v) is 1.55. The molecule has 0 aliphatic heterocycles. The monoisotopic (exact) mass is 192 g/mol. The number of phenolic OH excluding ortho intramolecular Hbond substituents is 1. The molecule has 0 saturated carbocycles. The van der Waals surface area contributed by atoms with Crippen LogP contribution in [0.4, 0.5) is 13.2 Å². The first-order valence-electron chi connectivity index (χ1n) is 3.47. The van der Waals surface area contributed by atoms with Crippen LogP contribution in [0.3, 0.4) is 0 Å². The highest BCUT2D eigenvalue weighted by Gasteiger charge is 2.19. The van der Waals surface area contributed by atoms with Crippen molar-refractivity contribution in [1.29, 1.82) is 0 Å². The van der Waals surface area contributed by atoms with Gasteiger partial charge < -0.3 is 10.2 Å². The van der Waals surface area contributed by atoms with Gasteiger partial charge in [-0.2, -0.15) is 0 Å². The van der Waals surface area contributed by atoms with Gasteiger partial charge >= 0.3 is 0 Å². The molecule has 1 rings (SSSR count). The number of aliphatic hydroxyl groups excluding tert-OH is 1. The molecule has 13 heavy (non-hydrogen) atoms. The van der Waals surface area contributed by atoms with Crippen LogP contribution in [-0.4, -0.2) is 16.6 Å². The molecule has 1 unspecified atom stereocenters. The molecule has 0 bridgehead atoms. The fraction of sp³-hybridized carbons (Fsp3) is 0.250. The van der Waals surface area contributed by atoms with Crippen LogP contribution in [0.5, 0.6) is 5.75 Å². The van der Waals surface area contributed by atoms with Gasteiger partial charge in [-0.25, -0.2) is 13.2 Å². The van der Waals surface area contributed by atoms with E-state index in [-0.39, 0.29) is 5.56 Å². The molecular formula is C8H7F3O2. The summed E-state index contributed by atoms with van der Waals surface area (Å²) in [5, 5.41) is 17.5. The van der Waals surface area contributed by atoms with Crippen molar-refractivity contribution in [3.63, 3.8) is 0 Å². The molecule has 0 radical (unpaired) electrons. The van der Waals surface area contributed by atoms with E-state index in [4.69, 9.17) is 10.2 Å². The first-order valence-corrected chi connectivity index (χ1v) is 3.47. The van der Waals surface area contributed by atoms with Crippen LogP contribution >= 0.6 is 0 Å². The molecular weight excluding hydrogens is 185 g/mol. The van der Waals surface area contributed by atoms with Crippen molar-refractivity contribution in [2.24, 2.45) is 0 Å². The molecule has 1 atom stereocenters. The van der Waals surface area contributed by atoms with Gasteiger partial charge in [0.1, 0.15) is 6.10 Å². The summed E-state index contributed by atoms with van der Waals surface area (Å²) in [7, 11) is 0. The number of halogens is 3. The maximum Gasteiger partial charge on any atom is 0.268 e. The second-order valence-electron chi connectivity index (χ2n) is 2.49. The standard InChI is InChI=1S/C8H7F3O2/c9-5-3-4(1-2-6(5)12)7(13)8(10)11/h1-3,7-8,12-13H. The number of aromatic hydroxyl groups is 1. The van der Waals surface area contributed by atoms with E-state index in [1.54, 1.807) is 0 Å². The van der Waals surface area contributed by atoms with Gasteiger partial charge in [-0.3, -0.25) is 0 Å². The molecule has 72 valence electrons. The highest BCUT2D eigenvalue weighted by atomic mass is 19.3. The molecule has 0 aliphatic carbocycles. The largest absolute Gasteiger partial charge is 0.505 e. The number of hydrogen-bond acceptors (Lipinski definition) is 2. The summed E-state index contributed by atoms with van der Waals surface area (Å²) in [4.78, 5) is 0. The predicted octanol–water partition coefficient (Wildman–Crippen LogP) is 1.83. The molecule has 0 heterocycles. The smallest absolute Gasteiger partial charge is 0.268 e. The Labute approximate surface area is 72.2 Å². The molecule has 0 amide bonds. The topological polar surface area (TPSA) is 40.5 Å². The number of aliphatic hydroxyl groups is 1. The van der Waals surface area contributed by atoms with Gasteiger partial charge in [-0.05, 0) is 17.7 Å². The van der Waals surface area contributed by atoms with E-state index >= 15 is 0 Å². The van der Waals surface area contributed by atoms with Gasteiger partial charge in [0.2, 0.25) is 0 Å². The van der Waals surface area contributed by atoms with E-state index in [1.165, 1.54) is 0 Å². The van der Waals surface area contributed by atoms with Gasteiger partial charge in [0.05, 0.1) is 0 Å². The van der Waals surface area contributed by atoms with Crippen LogP contribution in [0.25, 0.3) is 0 Å². The normalized spacial score (nSPS) is 13.3. The van der Waals surface area contributed by atoms with Crippen LogP contribution < -0.4 is 0 Å². The number of rotatable bonds is 2. The van der Waals surface area contributed by atoms with E-state index in [0.717, 1.165) is 12.1 Å². The predicted molar refractivity (Wildman–Crippen MR) is 39.0 cm³/mol. The van der Waals surface area contributed by atoms with Crippen molar-refractivity contribution in [3.05, 3.63) is 29.6 Å². The second kappa shape index (κ2) is 3.66. The first kappa shape index (κ1) is 9.85. The van der Waals surface area contributed by atoms with Gasteiger partial charge in [-0.1, -0.05) is 6.07 Å². The molecule has 2 N–H and O–H groups in total. The molecule has 0 spiro atoms. The number of alkyl halides is 2. The summed E-state index contributed by atoms with van der Waals surface area (Å²) in [6, 6.07) is 2.62. The third kappa shape index (κ3) is 2.12. The van der Waals surface area contributed by atoms with Crippen LogP contribution in [0.15, 0.2) is 18.2 Å². The Morgan fingerprint density at radius 2 is 1.85 bits per heavy atom. The van der Waals surface area contributed by atoms with E-state index in [9.17, 15) is 13.2 Å². The first-order chi connectivity index (χ1) is 6.02. The summed E-state index contributed by atoms with van der Waals surface area (Å²) >= 11 is 0. The van der Waals surface area contributed by atoms with E-state index < -0.39 is 24.1 Å². The Bertz CT molecular complexity index is 301. The molecule has 1 aromatic carbocycles. The SMILES string of the molecule is Oc1ccc(C(O)C(F)F)cc1F. The average Bonchev–Trinajstić information content (AvgIpc) is 2.08. The maximum absolute atomic E-state index is 12.6. The van der Waals surface area contributed by atoms with Crippen molar-refractivity contribution in [2.45, 2.75) is 12.5 Å². The molecule has 0 fully saturated rings. The molecule has 1 aromatic rings. The Kier molecular flexibility index (Phi) is 2.77. The lowest BCUT2D eigenvalue weighted by Gasteiger charge is -2.09. The van der Waals surface area contributed by atoms with Crippen molar-refractivity contribution in [2.75, 3.05) is 0 Å². The minimum absolute atomic E-state index is 0.259. The fourth-order valence-electron chi connectivity index (χ4n) is 0.853. The third-order valence-electron chi connectivity index (χ3n) is 1.55. The zero-order chi connectivity index (χ0) is 10.0. The lowest BCUT2D eigenvalue weighted by molar-refractivity contribution is -0.00595. The van der Waals surface area contributed by atoms with Crippen molar-refractivity contribution < 1.29 is 23.4 Å². The van der Waals surface area contributed by atoms with Crippen LogP contribution in [-0.2, 0) is 0 Å². The summed E-state index contributed by atoms with van der Waals surface area (Å²) < 4.78 is 36.4. The van der Waals surface area contributed by atoms with Gasteiger partial charge in [0.15, 0.2) is 11.6 Å². The van der Waals surface area contributed by atoms with E-state index in [1.807, 2.05) is 0 Å². The minimum Gasteiger partial charge on any atom is -0.505 e. The Hall–Kier alpha value is -1.23. The number of phenols is 1. The number of hydrogen-bond donors (Lipinski definition) is 2. The maximum atomic E-state index is 12.6. The minimum atomic E-state index is -2.97. The highest BCUT2D eigenvalue weighted by Crippen LogP contribution is 2.24. The Morgan fingerprint density at radius 1 is 1.23 bits per heavy atom. The summed E-state index contributed by atoms with van der Waals surface area (Å²) in [6.07, 6.45) is -4.99. The Balaban J connectivity index is 2.97. The van der Waals surface area contributed by atoms with Crippen LogP contribution in [0, 0.1) is 5.82 Å². The van der Waals surface area contributed by atoms with E-state index in [0.29, 0.717) is 6.07 Å². The zero-order valence-electron chi connectivity index (χ0n) is 6.42. The highest BCUT2D eigenvalue weighted by molar-refractivity contribution is 5.29. The second-order valence-corrected chi connectivity index (χ2v) is 2.49. The lowest BCUT2D eigenvalue weighted by atomic mass is 10.1. The van der Waals surface area contributed by atoms with Crippen molar-refractivity contribution in [3.8, 4) is 5.75 Å². The quantitative estimate of drug-likeness (QED) is 0.750. The zero-order valence-corrected chi connectivity index (χ0v) is 6.42. The summed E-state index contributed by atoms with van der Waals surface area (Å²) in [6.45, 7) is 0. The molecule has 0 saturated heterocycles. The molecule has 0 aromatic heterocycles. The van der Waals surface area contributed by atoms with Crippen molar-refractivity contribution >= 4 is 0 Å². The molecule has 5 heteroatoms. The lowest BCUT2D eigenvalue weighted by Crippen LogP contribution is -2.07. The van der Waals surface area contributed by atoms with E-state index in [2.05, 4.69) is 0 Å². The molecule has 2 nitrogen and oxygen atoms in total. The number of benzene rings is 1. The van der Waals surface area contributed by atoms with Gasteiger partial charge in [0.25, 0.3) is 6.43 Å². The van der Waals surface area contributed by atoms with Crippen LogP contribution in [0.1, 0.15) is 11.7 Å². The average molecular weight is 192 g/mol. The fourth-order valence-corrected chi connectivity index (χ4v) is 0.853. The Morgan fingerprint density at radius 3 is 2.31 bits per heavy atom. The summed E-state index contributed by atoms with van der Waals surface area (Å²) in [5.74, 6) is -1.66.